The van der Waals surface area contributed by atoms with Crippen LogP contribution in [-0.2, 0) is 11.2 Å². The summed E-state index contributed by atoms with van der Waals surface area (Å²) in [6, 6.07) is 2.01. The first kappa shape index (κ1) is 14.5. The summed E-state index contributed by atoms with van der Waals surface area (Å²) in [7, 11) is 2.11. The Morgan fingerprint density at radius 2 is 2.33 bits per heavy atom. The van der Waals surface area contributed by atoms with E-state index in [0.717, 1.165) is 37.1 Å². The predicted molar refractivity (Wildman–Crippen MR) is 80.3 cm³/mol. The minimum Gasteiger partial charge on any atom is -0.374 e. The molecule has 1 aromatic heterocycles. The van der Waals surface area contributed by atoms with E-state index < -0.39 is 0 Å². The van der Waals surface area contributed by atoms with Crippen molar-refractivity contribution >= 4 is 5.91 Å². The minimum absolute atomic E-state index is 0.128. The maximum absolute atomic E-state index is 13.0. The Bertz CT molecular complexity index is 520. The fourth-order valence-electron chi connectivity index (χ4n) is 3.35. The number of ether oxygens (including phenoxy) is 1. The highest BCUT2D eigenvalue weighted by Crippen LogP contribution is 2.24. The minimum atomic E-state index is 0.128. The first-order valence-corrected chi connectivity index (χ1v) is 7.74. The Hall–Kier alpha value is -1.46. The van der Waals surface area contributed by atoms with Gasteiger partial charge in [-0.2, -0.15) is 0 Å². The van der Waals surface area contributed by atoms with Crippen molar-refractivity contribution in [1.29, 1.82) is 0 Å². The third kappa shape index (κ3) is 2.80. The smallest absolute Gasteiger partial charge is 0.254 e. The molecule has 1 amide bonds. The molecule has 2 aliphatic rings. The molecule has 0 N–H and O–H groups in total. The van der Waals surface area contributed by atoms with E-state index in [1.165, 1.54) is 0 Å². The van der Waals surface area contributed by atoms with Crippen LogP contribution in [0.1, 0.15) is 29.3 Å². The van der Waals surface area contributed by atoms with E-state index in [1.54, 1.807) is 12.4 Å². The topological polar surface area (TPSA) is 45.7 Å². The van der Waals surface area contributed by atoms with Gasteiger partial charge in [-0.3, -0.25) is 9.78 Å². The number of morpholine rings is 1. The molecule has 21 heavy (non-hydrogen) atoms. The summed E-state index contributed by atoms with van der Waals surface area (Å²) in [5, 5.41) is 0. The second-order valence-electron chi connectivity index (χ2n) is 5.91. The van der Waals surface area contributed by atoms with E-state index in [-0.39, 0.29) is 18.1 Å². The van der Waals surface area contributed by atoms with Crippen LogP contribution in [-0.4, -0.2) is 66.1 Å². The molecular weight excluding hydrogens is 266 g/mol. The van der Waals surface area contributed by atoms with E-state index in [4.69, 9.17) is 4.74 Å². The average Bonchev–Trinajstić information content (AvgIpc) is 2.53. The average molecular weight is 289 g/mol. The molecule has 3 rings (SSSR count). The lowest BCUT2D eigenvalue weighted by Gasteiger charge is -2.46. The number of piperidine rings is 1. The van der Waals surface area contributed by atoms with Crippen molar-refractivity contribution in [3.05, 3.63) is 29.6 Å². The van der Waals surface area contributed by atoms with Gasteiger partial charge in [0.25, 0.3) is 5.91 Å². The normalized spacial score (nSPS) is 26.5. The monoisotopic (exact) mass is 289 g/mol. The number of aryl methyl sites for hydroxylation is 1. The molecule has 114 valence electrons. The van der Waals surface area contributed by atoms with Crippen LogP contribution in [0.3, 0.4) is 0 Å². The van der Waals surface area contributed by atoms with E-state index in [2.05, 4.69) is 23.9 Å². The second-order valence-corrected chi connectivity index (χ2v) is 5.91. The SMILES string of the molecule is CCc1cnccc1C(=O)N1CCO[C@@H]2CCN(C)C[C@H]21. The van der Waals surface area contributed by atoms with Gasteiger partial charge in [0.2, 0.25) is 0 Å². The molecule has 5 heteroatoms. The highest BCUT2D eigenvalue weighted by atomic mass is 16.5. The molecule has 2 saturated heterocycles. The number of pyridine rings is 1. The number of hydrogen-bond acceptors (Lipinski definition) is 4. The van der Waals surface area contributed by atoms with Crippen molar-refractivity contribution in [3.8, 4) is 0 Å². The summed E-state index contributed by atoms with van der Waals surface area (Å²) in [6.07, 6.45) is 5.52. The van der Waals surface area contributed by atoms with Crippen molar-refractivity contribution in [2.75, 3.05) is 33.3 Å². The number of rotatable bonds is 2. The molecule has 0 aliphatic carbocycles. The van der Waals surface area contributed by atoms with Crippen LogP contribution >= 0.6 is 0 Å². The van der Waals surface area contributed by atoms with E-state index in [1.807, 2.05) is 11.0 Å². The zero-order valence-corrected chi connectivity index (χ0v) is 12.8. The number of aromatic nitrogens is 1. The third-order valence-electron chi connectivity index (χ3n) is 4.56. The molecule has 2 fully saturated rings. The number of likely N-dealkylation sites (N-methyl/N-ethyl adjacent to an activating group) is 1. The highest BCUT2D eigenvalue weighted by molar-refractivity contribution is 5.95. The predicted octanol–water partition coefficient (Wildman–Crippen LogP) is 1.19. The van der Waals surface area contributed by atoms with Gasteiger partial charge in [-0.15, -0.1) is 0 Å². The number of hydrogen-bond donors (Lipinski definition) is 0. The van der Waals surface area contributed by atoms with Gasteiger partial charge in [-0.05, 0) is 31.5 Å². The summed E-state index contributed by atoms with van der Waals surface area (Å²) in [4.78, 5) is 21.4. The van der Waals surface area contributed by atoms with Crippen molar-refractivity contribution in [2.24, 2.45) is 0 Å². The van der Waals surface area contributed by atoms with Crippen molar-refractivity contribution in [2.45, 2.75) is 31.9 Å². The molecule has 3 heterocycles. The van der Waals surface area contributed by atoms with Crippen LogP contribution in [0.5, 0.6) is 0 Å². The quantitative estimate of drug-likeness (QED) is 0.820. The fraction of sp³-hybridized carbons (Fsp3) is 0.625. The molecular formula is C16H23N3O2. The Labute approximate surface area is 125 Å². The number of likely N-dealkylation sites (tertiary alicyclic amines) is 1. The molecule has 0 unspecified atom stereocenters. The van der Waals surface area contributed by atoms with Crippen LogP contribution < -0.4 is 0 Å². The maximum Gasteiger partial charge on any atom is 0.254 e. The van der Waals surface area contributed by atoms with Crippen molar-refractivity contribution in [1.82, 2.24) is 14.8 Å². The number of carbonyl (C=O) groups excluding carboxylic acids is 1. The molecule has 0 aromatic carbocycles. The summed E-state index contributed by atoms with van der Waals surface area (Å²) in [5.41, 5.74) is 1.82. The third-order valence-corrected chi connectivity index (χ3v) is 4.56. The molecule has 2 aliphatic heterocycles. The molecule has 0 spiro atoms. The van der Waals surface area contributed by atoms with Gasteiger partial charge in [0.05, 0.1) is 18.8 Å². The van der Waals surface area contributed by atoms with Crippen LogP contribution in [0.15, 0.2) is 18.5 Å². The van der Waals surface area contributed by atoms with E-state index in [9.17, 15) is 4.79 Å². The van der Waals surface area contributed by atoms with Crippen LogP contribution in [0, 0.1) is 0 Å². The maximum atomic E-state index is 13.0. The van der Waals surface area contributed by atoms with Gasteiger partial charge < -0.3 is 14.5 Å². The molecule has 5 nitrogen and oxygen atoms in total. The Balaban J connectivity index is 1.85. The highest BCUT2D eigenvalue weighted by Gasteiger charge is 2.38. The first-order valence-electron chi connectivity index (χ1n) is 7.74. The molecule has 2 atom stereocenters. The fourth-order valence-corrected chi connectivity index (χ4v) is 3.35. The van der Waals surface area contributed by atoms with Gasteiger partial charge in [0.15, 0.2) is 0 Å². The van der Waals surface area contributed by atoms with E-state index in [0.29, 0.717) is 13.2 Å². The number of amides is 1. The van der Waals surface area contributed by atoms with Crippen molar-refractivity contribution < 1.29 is 9.53 Å². The van der Waals surface area contributed by atoms with Crippen LogP contribution in [0.2, 0.25) is 0 Å². The Morgan fingerprint density at radius 1 is 1.48 bits per heavy atom. The number of nitrogens with zero attached hydrogens (tertiary/aromatic N) is 3. The first-order chi connectivity index (χ1) is 10.2. The summed E-state index contributed by atoms with van der Waals surface area (Å²) in [5.74, 6) is 0.128. The molecule has 1 aromatic rings. The van der Waals surface area contributed by atoms with Crippen molar-refractivity contribution in [3.63, 3.8) is 0 Å². The van der Waals surface area contributed by atoms with Gasteiger partial charge in [0.1, 0.15) is 0 Å². The summed E-state index contributed by atoms with van der Waals surface area (Å²) in [6.45, 7) is 5.31. The summed E-state index contributed by atoms with van der Waals surface area (Å²) < 4.78 is 5.87. The van der Waals surface area contributed by atoms with Crippen LogP contribution in [0.25, 0.3) is 0 Å². The van der Waals surface area contributed by atoms with Gasteiger partial charge in [0, 0.05) is 37.6 Å². The Kier molecular flexibility index (Phi) is 4.22. The zero-order chi connectivity index (χ0) is 14.8. The van der Waals surface area contributed by atoms with Gasteiger partial charge >= 0.3 is 0 Å². The molecule has 0 radical (unpaired) electrons. The molecule has 0 saturated carbocycles. The lowest BCUT2D eigenvalue weighted by atomic mass is 9.97. The van der Waals surface area contributed by atoms with Crippen LogP contribution in [0.4, 0.5) is 0 Å². The zero-order valence-electron chi connectivity index (χ0n) is 12.8. The van der Waals surface area contributed by atoms with Gasteiger partial charge in [-0.1, -0.05) is 6.92 Å². The lowest BCUT2D eigenvalue weighted by molar-refractivity contribution is -0.0870. The lowest BCUT2D eigenvalue weighted by Crippen LogP contribution is -2.60. The van der Waals surface area contributed by atoms with E-state index >= 15 is 0 Å². The Morgan fingerprint density at radius 3 is 3.14 bits per heavy atom. The standard InChI is InChI=1S/C16H23N3O2/c1-3-12-10-17-6-4-13(12)16(20)19-8-9-21-15-5-7-18(2)11-14(15)19/h4,6,10,14-15H,3,5,7-9,11H2,1-2H3/t14-,15-/m1/s1. The second kappa shape index (κ2) is 6.12. The van der Waals surface area contributed by atoms with Gasteiger partial charge in [-0.25, -0.2) is 0 Å². The number of fused-ring (bicyclic) bond motifs is 1. The largest absolute Gasteiger partial charge is 0.374 e. The number of carbonyl (C=O) groups is 1. The molecule has 0 bridgehead atoms. The summed E-state index contributed by atoms with van der Waals surface area (Å²) >= 11 is 0.